The average molecular weight is 312 g/mol. The number of aliphatic hydroxyl groups excluding tert-OH is 1. The Hall–Kier alpha value is -2.15. The number of urea groups is 1. The van der Waals surface area contributed by atoms with Crippen molar-refractivity contribution in [2.75, 3.05) is 19.7 Å². The van der Waals surface area contributed by atoms with Gasteiger partial charge in [-0.05, 0) is 37.5 Å². The van der Waals surface area contributed by atoms with E-state index in [4.69, 9.17) is 10.2 Å². The van der Waals surface area contributed by atoms with E-state index >= 15 is 0 Å². The van der Waals surface area contributed by atoms with Crippen molar-refractivity contribution >= 4 is 12.0 Å². The molecule has 0 fully saturated rings. The molecule has 0 aliphatic heterocycles. The maximum absolute atomic E-state index is 12.8. The summed E-state index contributed by atoms with van der Waals surface area (Å²) in [4.78, 5) is 24.0. The van der Waals surface area contributed by atoms with Crippen molar-refractivity contribution in [2.45, 2.75) is 25.8 Å². The van der Waals surface area contributed by atoms with Crippen molar-refractivity contribution in [1.29, 1.82) is 0 Å². The molecule has 22 heavy (non-hydrogen) atoms. The molecule has 0 radical (unpaired) electrons. The molecule has 0 unspecified atom stereocenters. The number of nitrogens with zero attached hydrogens (tertiary/aromatic N) is 1. The van der Waals surface area contributed by atoms with Crippen molar-refractivity contribution < 1.29 is 24.2 Å². The van der Waals surface area contributed by atoms with Crippen LogP contribution in [-0.4, -0.2) is 52.9 Å². The van der Waals surface area contributed by atoms with E-state index in [2.05, 4.69) is 5.32 Å². The van der Waals surface area contributed by atoms with E-state index in [0.717, 1.165) is 5.56 Å². The minimum atomic E-state index is -1.12. The van der Waals surface area contributed by atoms with Crippen molar-refractivity contribution in [3.8, 4) is 0 Å². The van der Waals surface area contributed by atoms with Gasteiger partial charge in [-0.3, -0.25) is 4.79 Å². The van der Waals surface area contributed by atoms with E-state index in [1.165, 1.54) is 24.0 Å². The molecule has 0 saturated carbocycles. The van der Waals surface area contributed by atoms with E-state index < -0.39 is 18.0 Å². The summed E-state index contributed by atoms with van der Waals surface area (Å²) in [6.07, 6.45) is 1.28. The molecule has 1 rings (SSSR count). The van der Waals surface area contributed by atoms with E-state index in [1.807, 2.05) is 0 Å². The quantitative estimate of drug-likeness (QED) is 0.673. The van der Waals surface area contributed by atoms with Gasteiger partial charge in [0.1, 0.15) is 11.9 Å². The van der Waals surface area contributed by atoms with Gasteiger partial charge in [0.15, 0.2) is 0 Å². The van der Waals surface area contributed by atoms with Gasteiger partial charge in [0.05, 0.1) is 6.61 Å². The Morgan fingerprint density at radius 3 is 2.45 bits per heavy atom. The highest BCUT2D eigenvalue weighted by molar-refractivity contribution is 5.82. The van der Waals surface area contributed by atoms with Crippen LogP contribution in [0.5, 0.6) is 0 Å². The van der Waals surface area contributed by atoms with E-state index in [1.54, 1.807) is 12.1 Å². The fourth-order valence-corrected chi connectivity index (χ4v) is 1.90. The van der Waals surface area contributed by atoms with Crippen LogP contribution in [0.2, 0.25) is 0 Å². The van der Waals surface area contributed by atoms with Crippen LogP contribution in [0.3, 0.4) is 0 Å². The Bertz CT molecular complexity index is 493. The molecule has 0 aromatic heterocycles. The minimum Gasteiger partial charge on any atom is -0.480 e. The number of carboxylic acid groups (broad SMARTS) is 1. The number of benzene rings is 1. The number of aliphatic hydroxyl groups is 1. The third kappa shape index (κ3) is 6.09. The second kappa shape index (κ2) is 8.99. The van der Waals surface area contributed by atoms with Crippen molar-refractivity contribution in [3.63, 3.8) is 0 Å². The molecule has 1 atom stereocenters. The zero-order chi connectivity index (χ0) is 16.5. The van der Waals surface area contributed by atoms with Gasteiger partial charge in [-0.25, -0.2) is 9.18 Å². The molecule has 0 spiro atoms. The zero-order valence-electron chi connectivity index (χ0n) is 12.5. The van der Waals surface area contributed by atoms with Gasteiger partial charge < -0.3 is 20.4 Å². The third-order valence-electron chi connectivity index (χ3n) is 3.17. The molecule has 0 saturated heterocycles. The highest BCUT2D eigenvalue weighted by Gasteiger charge is 2.18. The number of halogens is 1. The average Bonchev–Trinajstić information content (AvgIpc) is 2.48. The SMILES string of the molecule is C[C@H](NC(=O)N(CCO)CCCc1ccc(F)cc1)C(=O)O. The predicted octanol–water partition coefficient (Wildman–Crippen LogP) is 1.24. The first-order valence-electron chi connectivity index (χ1n) is 7.07. The fourth-order valence-electron chi connectivity index (χ4n) is 1.90. The van der Waals surface area contributed by atoms with Crippen LogP contribution in [0.15, 0.2) is 24.3 Å². The summed E-state index contributed by atoms with van der Waals surface area (Å²) in [5.41, 5.74) is 0.949. The van der Waals surface area contributed by atoms with Gasteiger partial charge in [0, 0.05) is 13.1 Å². The first-order valence-corrected chi connectivity index (χ1v) is 7.07. The maximum Gasteiger partial charge on any atom is 0.325 e. The molecule has 1 aromatic carbocycles. The summed E-state index contributed by atoms with van der Waals surface area (Å²) in [5, 5.41) is 20.1. The zero-order valence-corrected chi connectivity index (χ0v) is 12.5. The number of hydrogen-bond acceptors (Lipinski definition) is 3. The first kappa shape index (κ1) is 17.9. The summed E-state index contributed by atoms with van der Waals surface area (Å²) in [5.74, 6) is -1.42. The smallest absolute Gasteiger partial charge is 0.325 e. The van der Waals surface area contributed by atoms with Crippen molar-refractivity contribution in [3.05, 3.63) is 35.6 Å². The predicted molar refractivity (Wildman–Crippen MR) is 79.0 cm³/mol. The molecule has 2 amide bonds. The van der Waals surface area contributed by atoms with Gasteiger partial charge >= 0.3 is 12.0 Å². The molecular formula is C15H21FN2O4. The standard InChI is InChI=1S/C15H21FN2O4/c1-11(14(20)21)17-15(22)18(9-10-19)8-2-3-12-4-6-13(16)7-5-12/h4-7,11,19H,2-3,8-10H2,1H3,(H,17,22)(H,20,21)/t11-/m0/s1. The monoisotopic (exact) mass is 312 g/mol. The lowest BCUT2D eigenvalue weighted by Crippen LogP contribution is -2.47. The van der Waals surface area contributed by atoms with Crippen LogP contribution in [0.25, 0.3) is 0 Å². The number of carbonyl (C=O) groups is 2. The molecule has 6 nitrogen and oxygen atoms in total. The maximum atomic E-state index is 12.8. The van der Waals surface area contributed by atoms with Gasteiger partial charge in [-0.1, -0.05) is 12.1 Å². The van der Waals surface area contributed by atoms with Crippen LogP contribution >= 0.6 is 0 Å². The van der Waals surface area contributed by atoms with Gasteiger partial charge in [-0.15, -0.1) is 0 Å². The summed E-state index contributed by atoms with van der Waals surface area (Å²) >= 11 is 0. The number of aryl methyl sites for hydroxylation is 1. The van der Waals surface area contributed by atoms with E-state index in [9.17, 15) is 14.0 Å². The summed E-state index contributed by atoms with van der Waals surface area (Å²) < 4.78 is 12.8. The molecule has 1 aromatic rings. The Labute approximate surface area is 128 Å². The largest absolute Gasteiger partial charge is 0.480 e. The molecule has 0 aliphatic rings. The lowest BCUT2D eigenvalue weighted by Gasteiger charge is -2.23. The fraction of sp³-hybridized carbons (Fsp3) is 0.467. The lowest BCUT2D eigenvalue weighted by atomic mass is 10.1. The minimum absolute atomic E-state index is 0.127. The third-order valence-corrected chi connectivity index (χ3v) is 3.17. The van der Waals surface area contributed by atoms with Crippen LogP contribution in [-0.2, 0) is 11.2 Å². The Morgan fingerprint density at radius 1 is 1.27 bits per heavy atom. The molecule has 7 heteroatoms. The van der Waals surface area contributed by atoms with E-state index in [-0.39, 0.29) is 19.0 Å². The Morgan fingerprint density at radius 2 is 1.91 bits per heavy atom. The van der Waals surface area contributed by atoms with Crippen LogP contribution < -0.4 is 5.32 Å². The topological polar surface area (TPSA) is 89.9 Å². The second-order valence-electron chi connectivity index (χ2n) is 4.95. The number of carboxylic acids is 1. The van der Waals surface area contributed by atoms with Crippen LogP contribution in [0, 0.1) is 5.82 Å². The molecular weight excluding hydrogens is 291 g/mol. The lowest BCUT2D eigenvalue weighted by molar-refractivity contribution is -0.138. The van der Waals surface area contributed by atoms with E-state index in [0.29, 0.717) is 19.4 Å². The molecule has 0 bridgehead atoms. The normalized spacial score (nSPS) is 11.8. The first-order chi connectivity index (χ1) is 10.4. The number of aliphatic carboxylic acids is 1. The Balaban J connectivity index is 2.47. The highest BCUT2D eigenvalue weighted by Crippen LogP contribution is 2.06. The molecule has 0 heterocycles. The summed E-state index contributed by atoms with van der Waals surface area (Å²) in [6, 6.07) is 4.59. The second-order valence-corrected chi connectivity index (χ2v) is 4.95. The molecule has 0 aliphatic carbocycles. The number of carbonyl (C=O) groups excluding carboxylic acids is 1. The number of rotatable bonds is 8. The van der Waals surface area contributed by atoms with Crippen LogP contribution in [0.4, 0.5) is 9.18 Å². The summed E-state index contributed by atoms with van der Waals surface area (Å²) in [7, 11) is 0. The number of amides is 2. The number of nitrogens with one attached hydrogen (secondary N) is 1. The van der Waals surface area contributed by atoms with Crippen LogP contribution in [0.1, 0.15) is 18.9 Å². The van der Waals surface area contributed by atoms with Crippen molar-refractivity contribution in [2.24, 2.45) is 0 Å². The van der Waals surface area contributed by atoms with Crippen molar-refractivity contribution in [1.82, 2.24) is 10.2 Å². The van der Waals surface area contributed by atoms with Gasteiger partial charge in [0.25, 0.3) is 0 Å². The number of hydrogen-bond donors (Lipinski definition) is 3. The van der Waals surface area contributed by atoms with Gasteiger partial charge in [0.2, 0.25) is 0 Å². The highest BCUT2D eigenvalue weighted by atomic mass is 19.1. The molecule has 3 N–H and O–H groups in total. The Kier molecular flexibility index (Phi) is 7.31. The summed E-state index contributed by atoms with van der Waals surface area (Å²) in [6.45, 7) is 1.67. The van der Waals surface area contributed by atoms with Gasteiger partial charge in [-0.2, -0.15) is 0 Å². The molecule has 122 valence electrons.